The summed E-state index contributed by atoms with van der Waals surface area (Å²) in [5, 5.41) is 1.78. The normalized spacial score (nSPS) is 18.8. The molecule has 0 saturated carbocycles. The van der Waals surface area contributed by atoms with E-state index in [1.165, 1.54) is 7.11 Å². The molecule has 1 aliphatic heterocycles. The number of carbonyl (C=O) groups excluding carboxylic acids is 1. The number of benzene rings is 2. The van der Waals surface area contributed by atoms with E-state index in [-0.39, 0.29) is 18.4 Å². The number of hydrogen-bond acceptors (Lipinski definition) is 4. The maximum Gasteiger partial charge on any atom is 0.325 e. The first-order valence-corrected chi connectivity index (χ1v) is 10.4. The first-order chi connectivity index (χ1) is 12.6. The van der Waals surface area contributed by atoms with Crippen LogP contribution in [0.5, 0.6) is 5.75 Å². The Bertz CT molecular complexity index is 1060. The highest BCUT2D eigenvalue weighted by atomic mass is 35.5. The van der Waals surface area contributed by atoms with Crippen molar-refractivity contribution >= 4 is 30.6 Å². The molecule has 2 aromatic carbocycles. The predicted octanol–water partition coefficient (Wildman–Crippen LogP) is 2.34. The maximum absolute atomic E-state index is 13.3. The Labute approximate surface area is 161 Å². The Kier molecular flexibility index (Phi) is 5.28. The van der Waals surface area contributed by atoms with E-state index in [9.17, 15) is 19.1 Å². The highest BCUT2D eigenvalue weighted by Crippen LogP contribution is 2.40. The predicted molar refractivity (Wildman–Crippen MR) is 103 cm³/mol. The van der Waals surface area contributed by atoms with Gasteiger partial charge in [-0.2, -0.15) is 0 Å². The fraction of sp³-hybridized carbons (Fsp3) is 0.263. The first kappa shape index (κ1) is 19.8. The molecule has 0 fully saturated rings. The summed E-state index contributed by atoms with van der Waals surface area (Å²) in [5.74, 6) is 0.330. The molecule has 3 rings (SSSR count). The van der Waals surface area contributed by atoms with Crippen molar-refractivity contribution in [2.24, 2.45) is 4.99 Å². The Hall–Kier alpha value is -1.98. The van der Waals surface area contributed by atoms with Crippen LogP contribution in [0.25, 0.3) is 5.57 Å². The van der Waals surface area contributed by atoms with E-state index in [2.05, 4.69) is 4.99 Å². The number of carbonyl (C=O) groups is 1. The average molecular weight is 408 g/mol. The van der Waals surface area contributed by atoms with Gasteiger partial charge in [0.05, 0.1) is 18.6 Å². The third-order valence-corrected chi connectivity index (χ3v) is 5.72. The van der Waals surface area contributed by atoms with Crippen LogP contribution in [0.3, 0.4) is 0 Å². The zero-order chi connectivity index (χ0) is 19.8. The minimum atomic E-state index is -4.24. The summed E-state index contributed by atoms with van der Waals surface area (Å²) in [7, 11) is -2.71. The molecule has 0 spiro atoms. The number of methoxy groups -OCH3 is 1. The third-order valence-electron chi connectivity index (χ3n) is 4.66. The second-order valence-corrected chi connectivity index (χ2v) is 8.73. The molecule has 8 heteroatoms. The largest absolute Gasteiger partial charge is 0.497 e. The van der Waals surface area contributed by atoms with Gasteiger partial charge in [0.25, 0.3) is 0 Å². The zero-order valence-corrected chi connectivity index (χ0v) is 16.5. The zero-order valence-electron chi connectivity index (χ0n) is 14.8. The summed E-state index contributed by atoms with van der Waals surface area (Å²) < 4.78 is 16.7. The van der Waals surface area contributed by atoms with Crippen LogP contribution >= 0.6 is 19.2 Å². The number of halogens is 1. The first-order valence-electron chi connectivity index (χ1n) is 8.26. The lowest BCUT2D eigenvalue weighted by atomic mass is 9.83. The van der Waals surface area contributed by atoms with E-state index in [1.807, 2.05) is 0 Å². The smallest absolute Gasteiger partial charge is 0.325 e. The van der Waals surface area contributed by atoms with Crippen molar-refractivity contribution < 1.29 is 23.9 Å². The topological polar surface area (TPSA) is 96.2 Å². The van der Waals surface area contributed by atoms with Gasteiger partial charge in [0.2, 0.25) is 0 Å². The standard InChI is InChI=1S/C19H19ClNO5P/c1-19(18(22)12-3-5-13(20)6-4-12)16(9-10-27(23,24)25)15-11-14(26-2)7-8-17(15)21-19/h3-8,11H,9-10H2,1-2H3,(H2,23,24,25). The van der Waals surface area contributed by atoms with Gasteiger partial charge in [-0.3, -0.25) is 14.4 Å². The van der Waals surface area contributed by atoms with E-state index in [0.717, 1.165) is 0 Å². The Balaban J connectivity index is 2.15. The fourth-order valence-corrected chi connectivity index (χ4v) is 3.90. The third kappa shape index (κ3) is 3.99. The van der Waals surface area contributed by atoms with E-state index in [1.54, 1.807) is 49.4 Å². The Morgan fingerprint density at radius 3 is 2.48 bits per heavy atom. The molecule has 0 saturated heterocycles. The molecule has 0 amide bonds. The van der Waals surface area contributed by atoms with Gasteiger partial charge in [-0.15, -0.1) is 0 Å². The summed E-state index contributed by atoms with van der Waals surface area (Å²) in [6, 6.07) is 11.7. The van der Waals surface area contributed by atoms with Crippen molar-refractivity contribution in [1.82, 2.24) is 0 Å². The highest BCUT2D eigenvalue weighted by Gasteiger charge is 2.41. The summed E-state index contributed by atoms with van der Waals surface area (Å²) in [4.78, 5) is 36.5. The number of nitrogens with zero attached hydrogens (tertiary/aromatic N) is 1. The summed E-state index contributed by atoms with van der Waals surface area (Å²) in [5.41, 5.74) is -0.253. The van der Waals surface area contributed by atoms with E-state index < -0.39 is 13.1 Å². The Morgan fingerprint density at radius 2 is 1.89 bits per heavy atom. The maximum atomic E-state index is 13.3. The van der Waals surface area contributed by atoms with Gasteiger partial charge < -0.3 is 14.5 Å². The molecule has 6 nitrogen and oxygen atoms in total. The second kappa shape index (κ2) is 7.21. The van der Waals surface area contributed by atoms with Crippen LogP contribution in [0.2, 0.25) is 5.02 Å². The quantitative estimate of drug-likeness (QED) is 0.566. The van der Waals surface area contributed by atoms with Crippen molar-refractivity contribution in [3.63, 3.8) is 0 Å². The van der Waals surface area contributed by atoms with Crippen molar-refractivity contribution in [3.05, 3.63) is 63.6 Å². The number of ether oxygens (including phenoxy) is 1. The van der Waals surface area contributed by atoms with Crippen LogP contribution in [-0.2, 0) is 4.57 Å². The summed E-state index contributed by atoms with van der Waals surface area (Å²) in [6.07, 6.45) is -0.318. The van der Waals surface area contributed by atoms with Gasteiger partial charge >= 0.3 is 7.60 Å². The molecule has 1 unspecified atom stereocenters. The molecule has 1 aliphatic rings. The number of hydrogen-bond donors (Lipinski definition) is 2. The van der Waals surface area contributed by atoms with Gasteiger partial charge in [-0.05, 0) is 61.4 Å². The minimum absolute atomic E-state index is 0.0454. The molecule has 1 atom stereocenters. The van der Waals surface area contributed by atoms with Crippen molar-refractivity contribution in [2.75, 3.05) is 13.3 Å². The molecule has 2 aromatic rings. The summed E-state index contributed by atoms with van der Waals surface area (Å²) >= 11 is 5.91. The molecule has 0 aromatic heterocycles. The van der Waals surface area contributed by atoms with Crippen molar-refractivity contribution in [2.45, 2.75) is 18.9 Å². The van der Waals surface area contributed by atoms with Crippen LogP contribution in [0.15, 0.2) is 47.5 Å². The lowest BCUT2D eigenvalue weighted by Gasteiger charge is -2.24. The number of fused-ring (bicyclic) bond motifs is 1. The molecular weight excluding hydrogens is 389 g/mol. The molecule has 0 bridgehead atoms. The summed E-state index contributed by atoms with van der Waals surface area (Å²) in [6.45, 7) is 1.67. The van der Waals surface area contributed by atoms with Gasteiger partial charge in [-0.1, -0.05) is 11.6 Å². The van der Waals surface area contributed by atoms with Crippen LogP contribution < -0.4 is 15.3 Å². The molecule has 0 radical (unpaired) electrons. The lowest BCUT2D eigenvalue weighted by Crippen LogP contribution is -2.35. The number of rotatable bonds is 6. The number of Topliss-reactive ketones (excluding diaryl/α,β-unsaturated/α-hetero) is 1. The van der Waals surface area contributed by atoms with Gasteiger partial charge in [-0.25, -0.2) is 0 Å². The van der Waals surface area contributed by atoms with Crippen LogP contribution in [-0.4, -0.2) is 34.4 Å². The number of ketones is 1. The van der Waals surface area contributed by atoms with E-state index in [4.69, 9.17) is 16.3 Å². The second-order valence-electron chi connectivity index (χ2n) is 6.52. The SMILES string of the molecule is COc1ccc2c(c1)=C(CCP(=O)(O)O)C(C)(C(=O)c1ccc(Cl)cc1)N=2. The minimum Gasteiger partial charge on any atom is -0.497 e. The van der Waals surface area contributed by atoms with Crippen molar-refractivity contribution in [1.29, 1.82) is 0 Å². The van der Waals surface area contributed by atoms with Crippen molar-refractivity contribution in [3.8, 4) is 5.75 Å². The highest BCUT2D eigenvalue weighted by molar-refractivity contribution is 7.51. The van der Waals surface area contributed by atoms with Crippen LogP contribution in [0.4, 0.5) is 0 Å². The van der Waals surface area contributed by atoms with Gasteiger partial charge in [0, 0.05) is 15.8 Å². The molecule has 27 heavy (non-hydrogen) atoms. The van der Waals surface area contributed by atoms with Crippen LogP contribution in [0.1, 0.15) is 23.7 Å². The molecule has 142 valence electrons. The Morgan fingerprint density at radius 1 is 1.22 bits per heavy atom. The molecule has 1 heterocycles. The van der Waals surface area contributed by atoms with Gasteiger partial charge in [0.15, 0.2) is 5.78 Å². The molecular formula is C19H19ClNO5P. The van der Waals surface area contributed by atoms with E-state index >= 15 is 0 Å². The lowest BCUT2D eigenvalue weighted by molar-refractivity contribution is 0.0936. The molecule has 0 aliphatic carbocycles. The van der Waals surface area contributed by atoms with Gasteiger partial charge in [0.1, 0.15) is 11.3 Å². The molecule has 2 N–H and O–H groups in total. The fourth-order valence-electron chi connectivity index (χ4n) is 3.26. The monoisotopic (exact) mass is 407 g/mol. The average Bonchev–Trinajstić information content (AvgIpc) is 2.91. The van der Waals surface area contributed by atoms with E-state index in [0.29, 0.717) is 32.5 Å². The van der Waals surface area contributed by atoms with Crippen LogP contribution in [0, 0.1) is 0 Å².